The summed E-state index contributed by atoms with van der Waals surface area (Å²) in [5.41, 5.74) is 1.40. The SMILES string of the molecule is CCCc1nc(NC)c(C)c(Oc2cccc(C#N)c2)n1. The number of aryl methyl sites for hydroxylation is 1. The highest BCUT2D eigenvalue weighted by atomic mass is 16.5. The van der Waals surface area contributed by atoms with Crippen LogP contribution in [0.4, 0.5) is 5.82 Å². The molecule has 0 spiro atoms. The average Bonchev–Trinajstić information content (AvgIpc) is 2.50. The van der Waals surface area contributed by atoms with Gasteiger partial charge in [0.1, 0.15) is 17.4 Å². The third-order valence-corrected chi connectivity index (χ3v) is 3.04. The summed E-state index contributed by atoms with van der Waals surface area (Å²) >= 11 is 0. The molecule has 5 heteroatoms. The van der Waals surface area contributed by atoms with E-state index in [1.807, 2.05) is 14.0 Å². The average molecular weight is 282 g/mol. The molecule has 0 radical (unpaired) electrons. The van der Waals surface area contributed by atoms with Crippen molar-refractivity contribution in [2.75, 3.05) is 12.4 Å². The lowest BCUT2D eigenvalue weighted by molar-refractivity contribution is 0.454. The minimum atomic E-state index is 0.521. The van der Waals surface area contributed by atoms with E-state index in [0.29, 0.717) is 17.2 Å². The summed E-state index contributed by atoms with van der Waals surface area (Å²) in [5.74, 6) is 2.63. The molecule has 21 heavy (non-hydrogen) atoms. The normalized spacial score (nSPS) is 10.0. The van der Waals surface area contributed by atoms with Crippen molar-refractivity contribution in [3.8, 4) is 17.7 Å². The van der Waals surface area contributed by atoms with Crippen LogP contribution < -0.4 is 10.1 Å². The fourth-order valence-corrected chi connectivity index (χ4v) is 1.96. The van der Waals surface area contributed by atoms with Crippen LogP contribution in [0.3, 0.4) is 0 Å². The van der Waals surface area contributed by atoms with Crippen LogP contribution in [0.5, 0.6) is 11.6 Å². The largest absolute Gasteiger partial charge is 0.439 e. The van der Waals surface area contributed by atoms with E-state index >= 15 is 0 Å². The molecule has 1 N–H and O–H groups in total. The summed E-state index contributed by atoms with van der Waals surface area (Å²) < 4.78 is 5.84. The molecular weight excluding hydrogens is 264 g/mol. The first-order valence-corrected chi connectivity index (χ1v) is 6.91. The Hall–Kier alpha value is -2.61. The third kappa shape index (κ3) is 3.48. The van der Waals surface area contributed by atoms with Gasteiger partial charge in [-0.05, 0) is 31.5 Å². The van der Waals surface area contributed by atoms with Gasteiger partial charge in [0, 0.05) is 13.5 Å². The summed E-state index contributed by atoms with van der Waals surface area (Å²) in [7, 11) is 1.82. The Labute approximate surface area is 124 Å². The van der Waals surface area contributed by atoms with Crippen molar-refractivity contribution in [1.29, 1.82) is 5.26 Å². The second kappa shape index (κ2) is 6.71. The molecule has 0 aliphatic carbocycles. The Bertz CT molecular complexity index is 676. The molecule has 0 fully saturated rings. The molecule has 0 atom stereocenters. The molecular formula is C16H18N4O. The zero-order chi connectivity index (χ0) is 15.2. The van der Waals surface area contributed by atoms with Gasteiger partial charge in [-0.2, -0.15) is 10.2 Å². The fourth-order valence-electron chi connectivity index (χ4n) is 1.96. The van der Waals surface area contributed by atoms with Crippen molar-refractivity contribution >= 4 is 5.82 Å². The number of aromatic nitrogens is 2. The van der Waals surface area contributed by atoms with Gasteiger partial charge in [-0.25, -0.2) is 4.98 Å². The Morgan fingerprint density at radius 3 is 2.81 bits per heavy atom. The maximum Gasteiger partial charge on any atom is 0.227 e. The monoisotopic (exact) mass is 282 g/mol. The second-order valence-electron chi connectivity index (χ2n) is 4.66. The molecule has 0 bridgehead atoms. The van der Waals surface area contributed by atoms with Gasteiger partial charge in [-0.1, -0.05) is 13.0 Å². The highest BCUT2D eigenvalue weighted by molar-refractivity contribution is 5.49. The van der Waals surface area contributed by atoms with E-state index in [-0.39, 0.29) is 0 Å². The van der Waals surface area contributed by atoms with E-state index in [9.17, 15) is 0 Å². The number of rotatable bonds is 5. The third-order valence-electron chi connectivity index (χ3n) is 3.04. The minimum absolute atomic E-state index is 0.521. The van der Waals surface area contributed by atoms with Crippen LogP contribution in [0.15, 0.2) is 24.3 Å². The molecule has 1 heterocycles. The number of nitrogens with zero attached hydrogens (tertiary/aromatic N) is 3. The van der Waals surface area contributed by atoms with Gasteiger partial charge >= 0.3 is 0 Å². The Morgan fingerprint density at radius 2 is 2.14 bits per heavy atom. The molecule has 0 saturated heterocycles. The van der Waals surface area contributed by atoms with E-state index in [1.54, 1.807) is 24.3 Å². The van der Waals surface area contributed by atoms with Gasteiger partial charge in [-0.15, -0.1) is 0 Å². The van der Waals surface area contributed by atoms with Crippen molar-refractivity contribution in [3.63, 3.8) is 0 Å². The van der Waals surface area contributed by atoms with Crippen LogP contribution in [-0.4, -0.2) is 17.0 Å². The first-order valence-electron chi connectivity index (χ1n) is 6.91. The van der Waals surface area contributed by atoms with Crippen molar-refractivity contribution in [1.82, 2.24) is 9.97 Å². The predicted molar refractivity (Wildman–Crippen MR) is 81.5 cm³/mol. The predicted octanol–water partition coefficient (Wildman–Crippen LogP) is 3.44. The first kappa shape index (κ1) is 14.8. The maximum atomic E-state index is 8.94. The quantitative estimate of drug-likeness (QED) is 0.909. The van der Waals surface area contributed by atoms with Crippen molar-refractivity contribution in [2.45, 2.75) is 26.7 Å². The van der Waals surface area contributed by atoms with Gasteiger partial charge in [0.05, 0.1) is 17.2 Å². The molecule has 0 amide bonds. The fraction of sp³-hybridized carbons (Fsp3) is 0.312. The second-order valence-corrected chi connectivity index (χ2v) is 4.66. The zero-order valence-corrected chi connectivity index (χ0v) is 12.5. The van der Waals surface area contributed by atoms with Crippen LogP contribution in [0.25, 0.3) is 0 Å². The van der Waals surface area contributed by atoms with Gasteiger partial charge < -0.3 is 10.1 Å². The molecule has 108 valence electrons. The van der Waals surface area contributed by atoms with E-state index in [2.05, 4.69) is 28.3 Å². The molecule has 1 aromatic carbocycles. The van der Waals surface area contributed by atoms with E-state index < -0.39 is 0 Å². The molecule has 0 aliphatic heterocycles. The number of hydrogen-bond donors (Lipinski definition) is 1. The number of anilines is 1. The van der Waals surface area contributed by atoms with Gasteiger partial charge in [0.15, 0.2) is 0 Å². The van der Waals surface area contributed by atoms with Crippen LogP contribution >= 0.6 is 0 Å². The standard InChI is InChI=1S/C16H18N4O/c1-4-6-14-19-15(18-3)11(2)16(20-14)21-13-8-5-7-12(9-13)10-17/h5,7-9H,4,6H2,1-3H3,(H,18,19,20). The van der Waals surface area contributed by atoms with Gasteiger partial charge in [0.2, 0.25) is 5.88 Å². The highest BCUT2D eigenvalue weighted by Crippen LogP contribution is 2.27. The van der Waals surface area contributed by atoms with Crippen LogP contribution in [-0.2, 0) is 6.42 Å². The smallest absolute Gasteiger partial charge is 0.227 e. The lowest BCUT2D eigenvalue weighted by atomic mass is 10.2. The topological polar surface area (TPSA) is 70.8 Å². The van der Waals surface area contributed by atoms with Crippen LogP contribution in [0.2, 0.25) is 0 Å². The molecule has 0 unspecified atom stereocenters. The summed E-state index contributed by atoms with van der Waals surface area (Å²) in [4.78, 5) is 8.93. The van der Waals surface area contributed by atoms with E-state index in [0.717, 1.165) is 30.0 Å². The lowest BCUT2D eigenvalue weighted by Crippen LogP contribution is -2.05. The minimum Gasteiger partial charge on any atom is -0.439 e. The van der Waals surface area contributed by atoms with Crippen LogP contribution in [0, 0.1) is 18.3 Å². The number of ether oxygens (including phenoxy) is 1. The lowest BCUT2D eigenvalue weighted by Gasteiger charge is -2.12. The Morgan fingerprint density at radius 1 is 1.33 bits per heavy atom. The van der Waals surface area contributed by atoms with Gasteiger partial charge in [-0.3, -0.25) is 0 Å². The molecule has 0 aliphatic rings. The summed E-state index contributed by atoms with van der Waals surface area (Å²) in [6.07, 6.45) is 1.76. The molecule has 1 aromatic heterocycles. The summed E-state index contributed by atoms with van der Waals surface area (Å²) in [6, 6.07) is 9.12. The maximum absolute atomic E-state index is 8.94. The van der Waals surface area contributed by atoms with E-state index in [1.165, 1.54) is 0 Å². The molecule has 2 rings (SSSR count). The summed E-state index contributed by atoms with van der Waals surface area (Å²) in [5, 5.41) is 12.0. The highest BCUT2D eigenvalue weighted by Gasteiger charge is 2.12. The Kier molecular flexibility index (Phi) is 4.72. The molecule has 5 nitrogen and oxygen atoms in total. The number of benzene rings is 1. The van der Waals surface area contributed by atoms with Crippen molar-refractivity contribution in [2.24, 2.45) is 0 Å². The molecule has 0 saturated carbocycles. The number of nitriles is 1. The Balaban J connectivity index is 2.38. The van der Waals surface area contributed by atoms with Crippen molar-refractivity contribution < 1.29 is 4.74 Å². The molecule has 2 aromatic rings. The van der Waals surface area contributed by atoms with Crippen molar-refractivity contribution in [3.05, 3.63) is 41.2 Å². The summed E-state index contributed by atoms with van der Waals surface area (Å²) in [6.45, 7) is 3.99. The first-order chi connectivity index (χ1) is 10.2. The van der Waals surface area contributed by atoms with Crippen LogP contribution in [0.1, 0.15) is 30.3 Å². The van der Waals surface area contributed by atoms with Gasteiger partial charge in [0.25, 0.3) is 0 Å². The van der Waals surface area contributed by atoms with E-state index in [4.69, 9.17) is 10.00 Å². The number of nitrogens with one attached hydrogen (secondary N) is 1. The number of hydrogen-bond acceptors (Lipinski definition) is 5. The zero-order valence-electron chi connectivity index (χ0n) is 12.5.